The third-order valence-corrected chi connectivity index (χ3v) is 2.33. The van der Waals surface area contributed by atoms with Gasteiger partial charge in [0.05, 0.1) is 24.7 Å². The molecule has 1 N–H and O–H groups in total. The number of aliphatic hydroxyl groups excluding tert-OH is 1. The molecule has 2 heterocycles. The molecule has 0 bridgehead atoms. The molecular weight excluding hydrogens is 249 g/mol. The molecule has 0 aromatic carbocycles. The average Bonchev–Trinajstić information content (AvgIpc) is 2.69. The van der Waals surface area contributed by atoms with Gasteiger partial charge in [0.25, 0.3) is 0 Å². The van der Waals surface area contributed by atoms with Crippen LogP contribution in [0.15, 0.2) is 18.6 Å². The third-order valence-electron chi connectivity index (χ3n) is 2.33. The van der Waals surface area contributed by atoms with E-state index in [1.165, 1.54) is 10.9 Å². The molecular formula is C10H9F3N4O. The third kappa shape index (κ3) is 2.33. The van der Waals surface area contributed by atoms with Crippen LogP contribution in [0.2, 0.25) is 0 Å². The summed E-state index contributed by atoms with van der Waals surface area (Å²) < 4.78 is 38.1. The number of hydrogen-bond acceptors (Lipinski definition) is 4. The van der Waals surface area contributed by atoms with Crippen molar-refractivity contribution >= 4 is 0 Å². The minimum atomic E-state index is -4.56. The predicted octanol–water partition coefficient (Wildman–Crippen LogP) is 1.48. The lowest BCUT2D eigenvalue weighted by atomic mass is 10.3. The number of aliphatic hydroxyl groups is 1. The van der Waals surface area contributed by atoms with E-state index in [4.69, 9.17) is 5.11 Å². The molecule has 0 saturated carbocycles. The van der Waals surface area contributed by atoms with Gasteiger partial charge in [0.15, 0.2) is 0 Å². The first-order valence-electron chi connectivity index (χ1n) is 4.97. The van der Waals surface area contributed by atoms with Gasteiger partial charge in [0.2, 0.25) is 5.82 Å². The SMILES string of the molecule is Cc1nn(-c2cnc(C(F)(F)F)nc2)cc1CO. The molecule has 0 spiro atoms. The van der Waals surface area contributed by atoms with Crippen LogP contribution in [0.5, 0.6) is 0 Å². The smallest absolute Gasteiger partial charge is 0.392 e. The maximum atomic E-state index is 12.3. The van der Waals surface area contributed by atoms with Crippen molar-refractivity contribution in [2.24, 2.45) is 0 Å². The summed E-state index contributed by atoms with van der Waals surface area (Å²) in [5, 5.41) is 13.0. The van der Waals surface area contributed by atoms with Gasteiger partial charge in [-0.1, -0.05) is 0 Å². The highest BCUT2D eigenvalue weighted by molar-refractivity contribution is 5.28. The Bertz CT molecular complexity index is 547. The fourth-order valence-electron chi connectivity index (χ4n) is 1.37. The van der Waals surface area contributed by atoms with Crippen molar-refractivity contribution < 1.29 is 18.3 Å². The van der Waals surface area contributed by atoms with Crippen molar-refractivity contribution in [3.63, 3.8) is 0 Å². The van der Waals surface area contributed by atoms with E-state index in [0.717, 1.165) is 12.4 Å². The zero-order valence-electron chi connectivity index (χ0n) is 9.31. The van der Waals surface area contributed by atoms with E-state index < -0.39 is 12.0 Å². The Labute approximate surface area is 99.9 Å². The van der Waals surface area contributed by atoms with E-state index in [9.17, 15) is 13.2 Å². The Kier molecular flexibility index (Phi) is 3.04. The van der Waals surface area contributed by atoms with Crippen LogP contribution in [0.3, 0.4) is 0 Å². The monoisotopic (exact) mass is 258 g/mol. The standard InChI is InChI=1S/C10H9F3N4O/c1-6-7(5-18)4-17(16-6)8-2-14-9(15-3-8)10(11,12)13/h2-4,18H,5H2,1H3. The molecule has 8 heteroatoms. The fourth-order valence-corrected chi connectivity index (χ4v) is 1.37. The van der Waals surface area contributed by atoms with Crippen molar-refractivity contribution in [1.29, 1.82) is 0 Å². The zero-order chi connectivity index (χ0) is 13.3. The molecule has 5 nitrogen and oxygen atoms in total. The number of halogens is 3. The topological polar surface area (TPSA) is 63.8 Å². The number of rotatable bonds is 2. The predicted molar refractivity (Wildman–Crippen MR) is 54.8 cm³/mol. The maximum Gasteiger partial charge on any atom is 0.451 e. The summed E-state index contributed by atoms with van der Waals surface area (Å²) in [4.78, 5) is 6.46. The molecule has 0 unspecified atom stereocenters. The lowest BCUT2D eigenvalue weighted by molar-refractivity contribution is -0.145. The summed E-state index contributed by atoms with van der Waals surface area (Å²) in [6, 6.07) is 0. The first kappa shape index (κ1) is 12.5. The van der Waals surface area contributed by atoms with Crippen LogP contribution in [0.4, 0.5) is 13.2 Å². The molecule has 2 rings (SSSR count). The fraction of sp³-hybridized carbons (Fsp3) is 0.300. The molecule has 0 saturated heterocycles. The van der Waals surface area contributed by atoms with Crippen LogP contribution in [0.1, 0.15) is 17.1 Å². The van der Waals surface area contributed by atoms with Gasteiger partial charge in [0, 0.05) is 11.8 Å². The molecule has 0 aliphatic carbocycles. The van der Waals surface area contributed by atoms with E-state index >= 15 is 0 Å². The first-order chi connectivity index (χ1) is 8.41. The van der Waals surface area contributed by atoms with Crippen LogP contribution >= 0.6 is 0 Å². The van der Waals surface area contributed by atoms with Crippen LogP contribution in [0, 0.1) is 6.92 Å². The summed E-state index contributed by atoms with van der Waals surface area (Å²) in [6.45, 7) is 1.50. The van der Waals surface area contributed by atoms with Crippen molar-refractivity contribution in [1.82, 2.24) is 19.7 Å². The zero-order valence-corrected chi connectivity index (χ0v) is 9.31. The highest BCUT2D eigenvalue weighted by Gasteiger charge is 2.34. The summed E-state index contributed by atoms with van der Waals surface area (Å²) in [5.74, 6) is -1.20. The van der Waals surface area contributed by atoms with E-state index in [1.54, 1.807) is 6.92 Å². The first-order valence-corrected chi connectivity index (χ1v) is 4.97. The maximum absolute atomic E-state index is 12.3. The van der Waals surface area contributed by atoms with Gasteiger partial charge in [0.1, 0.15) is 5.69 Å². The van der Waals surface area contributed by atoms with E-state index in [1.807, 2.05) is 0 Å². The lowest BCUT2D eigenvalue weighted by Gasteiger charge is -2.05. The average molecular weight is 258 g/mol. The second-order valence-corrected chi connectivity index (χ2v) is 3.61. The highest BCUT2D eigenvalue weighted by atomic mass is 19.4. The molecule has 0 radical (unpaired) electrons. The Morgan fingerprint density at radius 2 is 1.89 bits per heavy atom. The van der Waals surface area contributed by atoms with Gasteiger partial charge in [-0.15, -0.1) is 0 Å². The number of hydrogen-bond donors (Lipinski definition) is 1. The van der Waals surface area contributed by atoms with Crippen molar-refractivity contribution in [3.8, 4) is 5.69 Å². The van der Waals surface area contributed by atoms with Crippen LogP contribution in [-0.2, 0) is 12.8 Å². The number of aromatic nitrogens is 4. The summed E-state index contributed by atoms with van der Waals surface area (Å²) in [6.07, 6.45) is -0.983. The molecule has 2 aromatic rings. The van der Waals surface area contributed by atoms with E-state index in [0.29, 0.717) is 16.9 Å². The number of aryl methyl sites for hydroxylation is 1. The largest absolute Gasteiger partial charge is 0.451 e. The molecule has 2 aromatic heterocycles. The van der Waals surface area contributed by atoms with Gasteiger partial charge in [-0.2, -0.15) is 18.3 Å². The van der Waals surface area contributed by atoms with E-state index in [2.05, 4.69) is 15.1 Å². The van der Waals surface area contributed by atoms with Crippen LogP contribution in [-0.4, -0.2) is 24.9 Å². The Balaban J connectivity index is 2.34. The summed E-state index contributed by atoms with van der Waals surface area (Å²) in [5.41, 5.74) is 1.48. The quantitative estimate of drug-likeness (QED) is 0.886. The lowest BCUT2D eigenvalue weighted by Crippen LogP contribution is -2.11. The second kappa shape index (κ2) is 4.37. The Hall–Kier alpha value is -1.96. The number of nitrogens with zero attached hydrogens (tertiary/aromatic N) is 4. The van der Waals surface area contributed by atoms with Gasteiger partial charge in [-0.25, -0.2) is 14.6 Å². The Morgan fingerprint density at radius 3 is 2.33 bits per heavy atom. The van der Waals surface area contributed by atoms with Crippen LogP contribution < -0.4 is 0 Å². The highest BCUT2D eigenvalue weighted by Crippen LogP contribution is 2.25. The molecule has 18 heavy (non-hydrogen) atoms. The number of alkyl halides is 3. The second-order valence-electron chi connectivity index (χ2n) is 3.61. The molecule has 0 fully saturated rings. The Morgan fingerprint density at radius 1 is 1.28 bits per heavy atom. The van der Waals surface area contributed by atoms with Crippen molar-refractivity contribution in [2.45, 2.75) is 19.7 Å². The molecule has 0 amide bonds. The molecule has 96 valence electrons. The minimum absolute atomic E-state index is 0.187. The van der Waals surface area contributed by atoms with E-state index in [-0.39, 0.29) is 6.61 Å². The van der Waals surface area contributed by atoms with Crippen LogP contribution in [0.25, 0.3) is 5.69 Å². The summed E-state index contributed by atoms with van der Waals surface area (Å²) >= 11 is 0. The molecule has 0 atom stereocenters. The van der Waals surface area contributed by atoms with Gasteiger partial charge >= 0.3 is 6.18 Å². The van der Waals surface area contributed by atoms with Gasteiger partial charge in [-0.05, 0) is 6.92 Å². The summed E-state index contributed by atoms with van der Waals surface area (Å²) in [7, 11) is 0. The van der Waals surface area contributed by atoms with Crippen molar-refractivity contribution in [3.05, 3.63) is 35.7 Å². The van der Waals surface area contributed by atoms with Crippen molar-refractivity contribution in [2.75, 3.05) is 0 Å². The molecule has 0 aliphatic rings. The van der Waals surface area contributed by atoms with Gasteiger partial charge < -0.3 is 5.11 Å². The molecule has 0 aliphatic heterocycles. The van der Waals surface area contributed by atoms with Gasteiger partial charge in [-0.3, -0.25) is 0 Å². The normalized spacial score (nSPS) is 11.8. The minimum Gasteiger partial charge on any atom is -0.392 e.